The molecule has 0 radical (unpaired) electrons. The van der Waals surface area contributed by atoms with Crippen LogP contribution < -0.4 is 9.46 Å². The van der Waals surface area contributed by atoms with Crippen LogP contribution in [0.4, 0.5) is 18.9 Å². The predicted molar refractivity (Wildman–Crippen MR) is 109 cm³/mol. The number of alkyl halides is 3. The Balaban J connectivity index is 2.07. The molecule has 0 atom stereocenters. The number of carboxylic acids is 1. The number of nitrogens with zero attached hydrogens (tertiary/aromatic N) is 2. The van der Waals surface area contributed by atoms with Gasteiger partial charge in [0.05, 0.1) is 17.6 Å². The van der Waals surface area contributed by atoms with Crippen molar-refractivity contribution in [2.45, 2.75) is 17.6 Å². The summed E-state index contributed by atoms with van der Waals surface area (Å²) in [6.07, 6.45) is -4.98. The molecule has 2 aromatic carbocycles. The Kier molecular flexibility index (Phi) is 6.24. The fourth-order valence-electron chi connectivity index (χ4n) is 3.16. The number of methoxy groups -OCH3 is 1. The number of rotatable bonds is 7. The van der Waals surface area contributed by atoms with Gasteiger partial charge in [-0.05, 0) is 36.4 Å². The van der Waals surface area contributed by atoms with Crippen molar-refractivity contribution in [1.82, 2.24) is 9.29 Å². The quantitative estimate of drug-likeness (QED) is 0.370. The molecule has 0 unspecified atom stereocenters. The lowest BCUT2D eigenvalue weighted by molar-refractivity contribution is -0.388. The summed E-state index contributed by atoms with van der Waals surface area (Å²) in [5, 5.41) is 20.7. The minimum Gasteiger partial charge on any atom is -0.497 e. The Morgan fingerprint density at radius 1 is 1.18 bits per heavy atom. The third-order valence-corrected chi connectivity index (χ3v) is 6.01. The number of carbonyl (C=O) groups is 2. The highest BCUT2D eigenvalue weighted by Crippen LogP contribution is 2.34. The topological polar surface area (TPSA) is 158 Å². The molecule has 0 saturated heterocycles. The van der Waals surface area contributed by atoms with Crippen LogP contribution >= 0.6 is 0 Å². The first kappa shape index (κ1) is 24.5. The van der Waals surface area contributed by atoms with Gasteiger partial charge in [-0.2, -0.15) is 13.2 Å². The van der Waals surface area contributed by atoms with Crippen LogP contribution in [-0.4, -0.2) is 42.0 Å². The van der Waals surface area contributed by atoms with Gasteiger partial charge in [0.1, 0.15) is 18.0 Å². The molecule has 34 heavy (non-hydrogen) atoms. The summed E-state index contributed by atoms with van der Waals surface area (Å²) >= 11 is 0. The molecule has 3 rings (SSSR count). The van der Waals surface area contributed by atoms with Crippen molar-refractivity contribution in [1.29, 1.82) is 0 Å². The van der Waals surface area contributed by atoms with Gasteiger partial charge in [0.15, 0.2) is 4.90 Å². The number of ether oxygens (including phenoxy) is 1. The number of sulfonamides is 1. The lowest BCUT2D eigenvalue weighted by Crippen LogP contribution is -2.33. The van der Waals surface area contributed by atoms with Gasteiger partial charge in [0.25, 0.3) is 21.6 Å². The maximum atomic E-state index is 12.9. The number of halogens is 3. The molecule has 2 N–H and O–H groups in total. The number of nitro benzene ring substituents is 1. The van der Waals surface area contributed by atoms with Gasteiger partial charge in [0.2, 0.25) is 0 Å². The Morgan fingerprint density at radius 3 is 2.41 bits per heavy atom. The normalized spacial score (nSPS) is 11.9. The first-order chi connectivity index (χ1) is 15.7. The van der Waals surface area contributed by atoms with Crippen LogP contribution in [-0.2, 0) is 27.5 Å². The third-order valence-electron chi connectivity index (χ3n) is 4.63. The molecular weight excluding hydrogens is 487 g/mol. The average Bonchev–Trinajstić information content (AvgIpc) is 3.09. The average molecular weight is 501 g/mol. The van der Waals surface area contributed by atoms with E-state index in [0.29, 0.717) is 23.3 Å². The molecular formula is C19H14F3N3O8S. The number of fused-ring (bicyclic) bond motifs is 1. The van der Waals surface area contributed by atoms with E-state index >= 15 is 0 Å². The molecule has 0 spiro atoms. The van der Waals surface area contributed by atoms with Crippen molar-refractivity contribution >= 4 is 38.5 Å². The second-order valence-corrected chi connectivity index (χ2v) is 8.46. The van der Waals surface area contributed by atoms with E-state index in [1.165, 1.54) is 31.4 Å². The van der Waals surface area contributed by atoms with Crippen LogP contribution in [0, 0.1) is 10.1 Å². The Bertz CT molecular complexity index is 1430. The summed E-state index contributed by atoms with van der Waals surface area (Å²) in [6.45, 7) is -0.737. The molecule has 0 aliphatic rings. The number of benzene rings is 2. The van der Waals surface area contributed by atoms with Crippen LogP contribution in [0.1, 0.15) is 16.1 Å². The van der Waals surface area contributed by atoms with Crippen molar-refractivity contribution < 1.29 is 45.9 Å². The van der Waals surface area contributed by atoms with Gasteiger partial charge in [-0.15, -0.1) is 0 Å². The highest BCUT2D eigenvalue weighted by Gasteiger charge is 2.36. The molecule has 0 aliphatic heterocycles. The lowest BCUT2D eigenvalue weighted by atomic mass is 10.2. The zero-order chi connectivity index (χ0) is 25.4. The molecule has 0 fully saturated rings. The molecule has 0 aliphatic carbocycles. The van der Waals surface area contributed by atoms with Crippen molar-refractivity contribution in [3.05, 3.63) is 63.8 Å². The summed E-state index contributed by atoms with van der Waals surface area (Å²) < 4.78 is 71.6. The van der Waals surface area contributed by atoms with E-state index in [1.54, 1.807) is 4.72 Å². The number of amides is 1. The Morgan fingerprint density at radius 2 is 1.85 bits per heavy atom. The SMILES string of the molecule is COc1ccc2c(c1)cc(C(=O)NS(=O)(=O)c1ccc(C(F)(F)F)cc1[N+](=O)[O-])n2CC(=O)O. The molecule has 180 valence electrons. The molecule has 15 heteroatoms. The number of nitro groups is 1. The van der Waals surface area contributed by atoms with Crippen molar-refractivity contribution in [3.8, 4) is 5.75 Å². The van der Waals surface area contributed by atoms with Crippen LogP contribution in [0.25, 0.3) is 10.9 Å². The second-order valence-electron chi connectivity index (χ2n) is 6.81. The summed E-state index contributed by atoms with van der Waals surface area (Å²) in [6, 6.07) is 6.25. The number of hydrogen-bond acceptors (Lipinski definition) is 7. The van der Waals surface area contributed by atoms with E-state index in [2.05, 4.69) is 0 Å². The fraction of sp³-hybridized carbons (Fsp3) is 0.158. The van der Waals surface area contributed by atoms with Crippen LogP contribution in [0.2, 0.25) is 0 Å². The first-order valence-corrected chi connectivity index (χ1v) is 10.5. The molecule has 0 saturated carbocycles. The molecule has 0 bridgehead atoms. The zero-order valence-corrected chi connectivity index (χ0v) is 17.8. The van der Waals surface area contributed by atoms with E-state index < -0.39 is 61.4 Å². The second kappa shape index (κ2) is 8.66. The molecule has 11 nitrogen and oxygen atoms in total. The number of hydrogen-bond donors (Lipinski definition) is 2. The Hall–Kier alpha value is -4.14. The zero-order valence-electron chi connectivity index (χ0n) is 17.0. The summed E-state index contributed by atoms with van der Waals surface area (Å²) in [5.74, 6) is -2.35. The predicted octanol–water partition coefficient (Wildman–Crippen LogP) is 2.78. The van der Waals surface area contributed by atoms with E-state index in [9.17, 15) is 46.4 Å². The van der Waals surface area contributed by atoms with Gasteiger partial charge in [0, 0.05) is 17.0 Å². The van der Waals surface area contributed by atoms with Gasteiger partial charge in [-0.25, -0.2) is 13.1 Å². The Labute approximate surface area is 188 Å². The highest BCUT2D eigenvalue weighted by molar-refractivity contribution is 7.90. The van der Waals surface area contributed by atoms with Gasteiger partial charge < -0.3 is 14.4 Å². The maximum absolute atomic E-state index is 12.9. The van der Waals surface area contributed by atoms with Crippen LogP contribution in [0.3, 0.4) is 0 Å². The monoisotopic (exact) mass is 501 g/mol. The third kappa shape index (κ3) is 4.78. The first-order valence-electron chi connectivity index (χ1n) is 9.06. The number of aliphatic carboxylic acids is 1. The molecule has 1 amide bonds. The number of carbonyl (C=O) groups excluding carboxylic acids is 1. The smallest absolute Gasteiger partial charge is 0.416 e. The van der Waals surface area contributed by atoms with Crippen molar-refractivity contribution in [2.24, 2.45) is 0 Å². The molecule has 1 heterocycles. The van der Waals surface area contributed by atoms with Gasteiger partial charge in [-0.3, -0.25) is 19.7 Å². The minimum atomic E-state index is -5.04. The van der Waals surface area contributed by atoms with Crippen molar-refractivity contribution in [2.75, 3.05) is 7.11 Å². The highest BCUT2D eigenvalue weighted by atomic mass is 32.2. The lowest BCUT2D eigenvalue weighted by Gasteiger charge is -2.11. The summed E-state index contributed by atoms with van der Waals surface area (Å²) in [5.41, 5.74) is -3.04. The number of aromatic nitrogens is 1. The molecule has 3 aromatic rings. The van der Waals surface area contributed by atoms with Gasteiger partial charge in [-0.1, -0.05) is 0 Å². The summed E-state index contributed by atoms with van der Waals surface area (Å²) in [7, 11) is -3.67. The van der Waals surface area contributed by atoms with E-state index in [4.69, 9.17) is 4.74 Å². The fourth-order valence-corrected chi connectivity index (χ4v) is 4.28. The van der Waals surface area contributed by atoms with Crippen LogP contribution in [0.5, 0.6) is 5.75 Å². The largest absolute Gasteiger partial charge is 0.497 e. The van der Waals surface area contributed by atoms with Crippen molar-refractivity contribution in [3.63, 3.8) is 0 Å². The number of carboxylic acid groups (broad SMARTS) is 1. The minimum absolute atomic E-state index is 0.0345. The van der Waals surface area contributed by atoms with Crippen LogP contribution in [0.15, 0.2) is 47.4 Å². The number of nitrogens with one attached hydrogen (secondary N) is 1. The van der Waals surface area contributed by atoms with E-state index in [0.717, 1.165) is 4.57 Å². The molecule has 1 aromatic heterocycles. The van der Waals surface area contributed by atoms with Gasteiger partial charge >= 0.3 is 12.1 Å². The summed E-state index contributed by atoms with van der Waals surface area (Å²) in [4.78, 5) is 32.8. The van der Waals surface area contributed by atoms with E-state index in [-0.39, 0.29) is 11.6 Å². The standard InChI is InChI=1S/C19H14F3N3O8S/c1-33-12-3-4-13-10(6-12)7-15(24(13)9-17(26)27)18(28)23-34(31,32)16-5-2-11(19(20,21)22)8-14(16)25(29)30/h2-8H,9H2,1H3,(H,23,28)(H,26,27). The maximum Gasteiger partial charge on any atom is 0.416 e. The van der Waals surface area contributed by atoms with E-state index in [1.807, 2.05) is 0 Å².